The third-order valence-corrected chi connectivity index (χ3v) is 2.83. The first-order valence-electron chi connectivity index (χ1n) is 5.94. The topological polar surface area (TPSA) is 84.2 Å². The number of carbonyl (C=O) groups excluding carboxylic acids is 1. The van der Waals surface area contributed by atoms with E-state index in [4.69, 9.17) is 5.11 Å². The maximum Gasteiger partial charge on any atom is 0.303 e. The number of rotatable bonds is 6. The minimum Gasteiger partial charge on any atom is -0.481 e. The first kappa shape index (κ1) is 14.2. The SMILES string of the molecule is CCC(CNC(=O)c1cc(C)nn1C)CC(=O)O. The number of nitrogens with one attached hydrogen (secondary N) is 1. The van der Waals surface area contributed by atoms with Gasteiger partial charge in [0, 0.05) is 20.0 Å². The number of aliphatic carboxylic acids is 1. The average molecular weight is 253 g/mol. The second kappa shape index (κ2) is 6.18. The number of hydrogen-bond acceptors (Lipinski definition) is 3. The summed E-state index contributed by atoms with van der Waals surface area (Å²) in [6, 6.07) is 1.70. The maximum atomic E-state index is 11.9. The lowest BCUT2D eigenvalue weighted by Crippen LogP contribution is -2.31. The van der Waals surface area contributed by atoms with Gasteiger partial charge in [-0.15, -0.1) is 0 Å². The van der Waals surface area contributed by atoms with Crippen molar-refractivity contribution >= 4 is 11.9 Å². The third-order valence-electron chi connectivity index (χ3n) is 2.83. The molecule has 2 N–H and O–H groups in total. The Bertz CT molecular complexity index is 440. The van der Waals surface area contributed by atoms with E-state index in [1.807, 2.05) is 13.8 Å². The van der Waals surface area contributed by atoms with Crippen LogP contribution in [0.3, 0.4) is 0 Å². The molecule has 100 valence electrons. The van der Waals surface area contributed by atoms with E-state index >= 15 is 0 Å². The number of aromatic nitrogens is 2. The number of hydrogen-bond donors (Lipinski definition) is 2. The molecule has 6 nitrogen and oxygen atoms in total. The molecule has 1 aromatic heterocycles. The lowest BCUT2D eigenvalue weighted by Gasteiger charge is -2.13. The van der Waals surface area contributed by atoms with Crippen LogP contribution in [-0.2, 0) is 11.8 Å². The summed E-state index contributed by atoms with van der Waals surface area (Å²) in [5.74, 6) is -1.10. The first-order chi connectivity index (χ1) is 8.43. The predicted octanol–water partition coefficient (Wildman–Crippen LogP) is 0.959. The first-order valence-corrected chi connectivity index (χ1v) is 5.94. The summed E-state index contributed by atoms with van der Waals surface area (Å²) in [6.07, 6.45) is 0.790. The zero-order chi connectivity index (χ0) is 13.7. The van der Waals surface area contributed by atoms with Gasteiger partial charge in [0.05, 0.1) is 5.69 Å². The van der Waals surface area contributed by atoms with Gasteiger partial charge < -0.3 is 10.4 Å². The van der Waals surface area contributed by atoms with Crippen LogP contribution in [0.2, 0.25) is 0 Å². The number of carboxylic acids is 1. The van der Waals surface area contributed by atoms with Crippen LogP contribution < -0.4 is 5.32 Å². The summed E-state index contributed by atoms with van der Waals surface area (Å²) in [6.45, 7) is 4.09. The van der Waals surface area contributed by atoms with Crippen LogP contribution >= 0.6 is 0 Å². The number of carboxylic acid groups (broad SMARTS) is 1. The molecule has 0 bridgehead atoms. The van der Waals surface area contributed by atoms with Crippen molar-refractivity contribution in [2.45, 2.75) is 26.7 Å². The number of carbonyl (C=O) groups is 2. The largest absolute Gasteiger partial charge is 0.481 e. The molecule has 0 saturated carbocycles. The fourth-order valence-electron chi connectivity index (χ4n) is 1.76. The minimum atomic E-state index is -0.840. The van der Waals surface area contributed by atoms with Crippen molar-refractivity contribution in [2.24, 2.45) is 13.0 Å². The molecular weight excluding hydrogens is 234 g/mol. The van der Waals surface area contributed by atoms with E-state index in [1.165, 1.54) is 4.68 Å². The molecule has 0 spiro atoms. The van der Waals surface area contributed by atoms with Crippen molar-refractivity contribution < 1.29 is 14.7 Å². The van der Waals surface area contributed by atoms with Gasteiger partial charge in [0.2, 0.25) is 0 Å². The van der Waals surface area contributed by atoms with Gasteiger partial charge in [0.1, 0.15) is 5.69 Å². The van der Waals surface area contributed by atoms with Gasteiger partial charge in [-0.3, -0.25) is 14.3 Å². The Balaban J connectivity index is 2.55. The number of aryl methyl sites for hydroxylation is 2. The van der Waals surface area contributed by atoms with Gasteiger partial charge in [-0.2, -0.15) is 5.10 Å². The number of amides is 1. The van der Waals surface area contributed by atoms with Crippen LogP contribution in [-0.4, -0.2) is 33.3 Å². The average Bonchev–Trinajstić information content (AvgIpc) is 2.62. The molecule has 1 rings (SSSR count). The van der Waals surface area contributed by atoms with E-state index < -0.39 is 5.97 Å². The molecule has 0 aliphatic heterocycles. The van der Waals surface area contributed by atoms with Crippen molar-refractivity contribution in [3.05, 3.63) is 17.5 Å². The molecule has 0 aromatic carbocycles. The van der Waals surface area contributed by atoms with Crippen LogP contribution in [0.1, 0.15) is 35.9 Å². The van der Waals surface area contributed by atoms with Gasteiger partial charge in [0.15, 0.2) is 0 Å². The fourth-order valence-corrected chi connectivity index (χ4v) is 1.76. The van der Waals surface area contributed by atoms with E-state index in [-0.39, 0.29) is 18.2 Å². The Hall–Kier alpha value is -1.85. The quantitative estimate of drug-likeness (QED) is 0.790. The van der Waals surface area contributed by atoms with Crippen molar-refractivity contribution in [1.29, 1.82) is 0 Å². The highest BCUT2D eigenvalue weighted by molar-refractivity contribution is 5.92. The minimum absolute atomic E-state index is 0.0409. The number of nitrogens with zero attached hydrogens (tertiary/aromatic N) is 2. The van der Waals surface area contributed by atoms with Gasteiger partial charge >= 0.3 is 5.97 Å². The lowest BCUT2D eigenvalue weighted by molar-refractivity contribution is -0.138. The Morgan fingerprint density at radius 1 is 1.56 bits per heavy atom. The van der Waals surface area contributed by atoms with Crippen LogP contribution in [0.25, 0.3) is 0 Å². The molecule has 0 aliphatic carbocycles. The molecule has 0 aliphatic rings. The van der Waals surface area contributed by atoms with E-state index in [1.54, 1.807) is 13.1 Å². The molecule has 0 saturated heterocycles. The fraction of sp³-hybridized carbons (Fsp3) is 0.583. The van der Waals surface area contributed by atoms with Gasteiger partial charge in [-0.1, -0.05) is 13.3 Å². The molecule has 1 amide bonds. The molecule has 1 heterocycles. The molecular formula is C12H19N3O3. The standard InChI is InChI=1S/C12H19N3O3/c1-4-9(6-11(16)17)7-13-12(18)10-5-8(2)14-15(10)3/h5,9H,4,6-7H2,1-3H3,(H,13,18)(H,16,17). The smallest absolute Gasteiger partial charge is 0.303 e. The van der Waals surface area contributed by atoms with Crippen molar-refractivity contribution in [3.63, 3.8) is 0 Å². The maximum absolute atomic E-state index is 11.9. The zero-order valence-electron chi connectivity index (χ0n) is 10.9. The van der Waals surface area contributed by atoms with Gasteiger partial charge in [0.25, 0.3) is 5.91 Å². The molecule has 1 unspecified atom stereocenters. The van der Waals surface area contributed by atoms with E-state index in [2.05, 4.69) is 10.4 Å². The Morgan fingerprint density at radius 2 is 2.22 bits per heavy atom. The Labute approximate surface area is 106 Å². The molecule has 6 heteroatoms. The van der Waals surface area contributed by atoms with Crippen molar-refractivity contribution in [2.75, 3.05) is 6.54 Å². The highest BCUT2D eigenvalue weighted by Gasteiger charge is 2.15. The molecule has 0 radical (unpaired) electrons. The second-order valence-corrected chi connectivity index (χ2v) is 4.38. The van der Waals surface area contributed by atoms with Crippen LogP contribution in [0, 0.1) is 12.8 Å². The third kappa shape index (κ3) is 3.87. The monoisotopic (exact) mass is 253 g/mol. The van der Waals surface area contributed by atoms with Crippen molar-refractivity contribution in [3.8, 4) is 0 Å². The van der Waals surface area contributed by atoms with E-state index in [0.29, 0.717) is 12.2 Å². The summed E-state index contributed by atoms with van der Waals surface area (Å²) in [5, 5.41) is 15.6. The van der Waals surface area contributed by atoms with Gasteiger partial charge in [-0.05, 0) is 18.9 Å². The molecule has 1 aromatic rings. The van der Waals surface area contributed by atoms with Gasteiger partial charge in [-0.25, -0.2) is 0 Å². The summed E-state index contributed by atoms with van der Waals surface area (Å²) < 4.78 is 1.52. The summed E-state index contributed by atoms with van der Waals surface area (Å²) in [5.41, 5.74) is 1.26. The van der Waals surface area contributed by atoms with Crippen molar-refractivity contribution in [1.82, 2.24) is 15.1 Å². The zero-order valence-corrected chi connectivity index (χ0v) is 10.9. The summed E-state index contributed by atoms with van der Waals surface area (Å²) in [4.78, 5) is 22.5. The predicted molar refractivity (Wildman–Crippen MR) is 66.3 cm³/mol. The molecule has 18 heavy (non-hydrogen) atoms. The summed E-state index contributed by atoms with van der Waals surface area (Å²) in [7, 11) is 1.70. The van der Waals surface area contributed by atoms with Crippen LogP contribution in [0.15, 0.2) is 6.07 Å². The normalized spacial score (nSPS) is 12.2. The molecule has 1 atom stereocenters. The lowest BCUT2D eigenvalue weighted by atomic mass is 10.0. The second-order valence-electron chi connectivity index (χ2n) is 4.38. The van der Waals surface area contributed by atoms with E-state index in [0.717, 1.165) is 12.1 Å². The highest BCUT2D eigenvalue weighted by atomic mass is 16.4. The van der Waals surface area contributed by atoms with Crippen LogP contribution in [0.4, 0.5) is 0 Å². The Kier molecular flexibility index (Phi) is 4.88. The Morgan fingerprint density at radius 3 is 2.67 bits per heavy atom. The van der Waals surface area contributed by atoms with E-state index in [9.17, 15) is 9.59 Å². The summed E-state index contributed by atoms with van der Waals surface area (Å²) >= 11 is 0. The molecule has 0 fully saturated rings. The highest BCUT2D eigenvalue weighted by Crippen LogP contribution is 2.07. The van der Waals surface area contributed by atoms with Crippen LogP contribution in [0.5, 0.6) is 0 Å².